The number of nitrogens with two attached hydrogens (primary N) is 1. The van der Waals surface area contributed by atoms with Gasteiger partial charge < -0.3 is 15.6 Å². The van der Waals surface area contributed by atoms with E-state index in [0.29, 0.717) is 11.1 Å². The number of benzene rings is 1. The quantitative estimate of drug-likeness (QED) is 0.849. The van der Waals surface area contributed by atoms with Gasteiger partial charge in [-0.15, -0.1) is 0 Å². The highest BCUT2D eigenvalue weighted by Gasteiger charge is 2.37. The van der Waals surface area contributed by atoms with Crippen molar-refractivity contribution in [2.45, 2.75) is 33.1 Å². The Balaban J connectivity index is 1.90. The summed E-state index contributed by atoms with van der Waals surface area (Å²) >= 11 is 0. The Morgan fingerprint density at radius 1 is 1.38 bits per heavy atom. The SMILES string of the molecule is CCC1(CC)CCN(C(=O)c2c[nH]c3ccc(N)cc23)C1. The van der Waals surface area contributed by atoms with Crippen molar-refractivity contribution < 1.29 is 4.79 Å². The molecule has 2 aromatic rings. The summed E-state index contributed by atoms with van der Waals surface area (Å²) in [4.78, 5) is 18.0. The molecule has 1 aromatic carbocycles. The zero-order valence-corrected chi connectivity index (χ0v) is 12.8. The Kier molecular flexibility index (Phi) is 3.40. The van der Waals surface area contributed by atoms with Crippen LogP contribution in [0.1, 0.15) is 43.5 Å². The van der Waals surface area contributed by atoms with Crippen LogP contribution in [0.5, 0.6) is 0 Å². The first-order valence-electron chi connectivity index (χ1n) is 7.74. The summed E-state index contributed by atoms with van der Waals surface area (Å²) in [7, 11) is 0. The molecule has 1 aliphatic rings. The maximum absolute atomic E-state index is 12.8. The van der Waals surface area contributed by atoms with Crippen LogP contribution in [0.3, 0.4) is 0 Å². The van der Waals surface area contributed by atoms with Gasteiger partial charge in [0.25, 0.3) is 5.91 Å². The lowest BCUT2D eigenvalue weighted by Gasteiger charge is -2.26. The number of H-pyrrole nitrogens is 1. The van der Waals surface area contributed by atoms with Gasteiger partial charge in [0.15, 0.2) is 0 Å². The van der Waals surface area contributed by atoms with Crippen molar-refractivity contribution in [1.29, 1.82) is 0 Å². The van der Waals surface area contributed by atoms with Crippen LogP contribution in [0.15, 0.2) is 24.4 Å². The maximum Gasteiger partial charge on any atom is 0.256 e. The van der Waals surface area contributed by atoms with E-state index in [0.717, 1.165) is 48.8 Å². The minimum Gasteiger partial charge on any atom is -0.399 e. The number of nitrogens with zero attached hydrogens (tertiary/aromatic N) is 1. The molecule has 1 amide bonds. The fourth-order valence-corrected chi connectivity index (χ4v) is 3.42. The van der Waals surface area contributed by atoms with Crippen molar-refractivity contribution in [3.8, 4) is 0 Å². The number of hydrogen-bond donors (Lipinski definition) is 2. The molecule has 0 spiro atoms. The summed E-state index contributed by atoms with van der Waals surface area (Å²) in [5.74, 6) is 0.121. The third kappa shape index (κ3) is 2.28. The molecule has 2 heterocycles. The van der Waals surface area contributed by atoms with Crippen molar-refractivity contribution in [2.75, 3.05) is 18.8 Å². The van der Waals surface area contributed by atoms with E-state index < -0.39 is 0 Å². The van der Waals surface area contributed by atoms with Crippen LogP contribution >= 0.6 is 0 Å². The molecule has 112 valence electrons. The number of nitrogens with one attached hydrogen (secondary N) is 1. The summed E-state index contributed by atoms with van der Waals surface area (Å²) in [6.45, 7) is 6.18. The standard InChI is InChI=1S/C17H23N3O/c1-3-17(4-2)7-8-20(11-17)16(21)14-10-19-15-6-5-12(18)9-13(14)15/h5-6,9-10,19H,3-4,7-8,11,18H2,1-2H3. The summed E-state index contributed by atoms with van der Waals surface area (Å²) < 4.78 is 0. The Labute approximate surface area is 125 Å². The largest absolute Gasteiger partial charge is 0.399 e. The first-order valence-corrected chi connectivity index (χ1v) is 7.74. The molecule has 1 fully saturated rings. The predicted molar refractivity (Wildman–Crippen MR) is 86.2 cm³/mol. The lowest BCUT2D eigenvalue weighted by molar-refractivity contribution is 0.0772. The van der Waals surface area contributed by atoms with E-state index in [-0.39, 0.29) is 5.91 Å². The normalized spacial score (nSPS) is 17.5. The number of fused-ring (bicyclic) bond motifs is 1. The monoisotopic (exact) mass is 285 g/mol. The van der Waals surface area contributed by atoms with Gasteiger partial charge in [0.2, 0.25) is 0 Å². The number of aromatic nitrogens is 1. The first-order chi connectivity index (χ1) is 10.1. The average molecular weight is 285 g/mol. The van der Waals surface area contributed by atoms with Gasteiger partial charge in [-0.05, 0) is 42.9 Å². The molecular formula is C17H23N3O. The van der Waals surface area contributed by atoms with Crippen LogP contribution in [0.25, 0.3) is 10.9 Å². The van der Waals surface area contributed by atoms with Crippen LogP contribution in [0.2, 0.25) is 0 Å². The number of carbonyl (C=O) groups excluding carboxylic acids is 1. The predicted octanol–water partition coefficient (Wildman–Crippen LogP) is 3.40. The maximum atomic E-state index is 12.8. The van der Waals surface area contributed by atoms with Gasteiger partial charge in [-0.1, -0.05) is 13.8 Å². The summed E-state index contributed by atoms with van der Waals surface area (Å²) in [5.41, 5.74) is 8.55. The van der Waals surface area contributed by atoms with Crippen molar-refractivity contribution in [1.82, 2.24) is 9.88 Å². The van der Waals surface area contributed by atoms with E-state index in [1.165, 1.54) is 0 Å². The molecule has 3 N–H and O–H groups in total. The minimum atomic E-state index is 0.121. The van der Waals surface area contributed by atoms with Crippen molar-refractivity contribution in [3.63, 3.8) is 0 Å². The Morgan fingerprint density at radius 3 is 2.81 bits per heavy atom. The number of rotatable bonds is 3. The van der Waals surface area contributed by atoms with Crippen LogP contribution in [0, 0.1) is 5.41 Å². The smallest absolute Gasteiger partial charge is 0.256 e. The first kappa shape index (κ1) is 14.0. The fourth-order valence-electron chi connectivity index (χ4n) is 3.42. The average Bonchev–Trinajstić information content (AvgIpc) is 3.11. The number of carbonyl (C=O) groups is 1. The van der Waals surface area contributed by atoms with Crippen molar-refractivity contribution >= 4 is 22.5 Å². The molecule has 4 nitrogen and oxygen atoms in total. The zero-order valence-electron chi connectivity index (χ0n) is 12.8. The van der Waals surface area contributed by atoms with Gasteiger partial charge in [-0.3, -0.25) is 4.79 Å². The molecule has 4 heteroatoms. The van der Waals surface area contributed by atoms with E-state index in [1.807, 2.05) is 29.3 Å². The van der Waals surface area contributed by atoms with E-state index >= 15 is 0 Å². The molecule has 3 rings (SSSR count). The minimum absolute atomic E-state index is 0.121. The molecule has 0 aliphatic carbocycles. The third-order valence-electron chi connectivity index (χ3n) is 5.16. The van der Waals surface area contributed by atoms with Crippen molar-refractivity contribution in [2.24, 2.45) is 5.41 Å². The Hall–Kier alpha value is -1.97. The van der Waals surface area contributed by atoms with Crippen molar-refractivity contribution in [3.05, 3.63) is 30.0 Å². The molecule has 0 saturated carbocycles. The van der Waals surface area contributed by atoms with E-state index in [9.17, 15) is 4.79 Å². The van der Waals surface area contributed by atoms with Crippen LogP contribution in [-0.2, 0) is 0 Å². The number of aromatic amines is 1. The molecule has 1 saturated heterocycles. The highest BCUT2D eigenvalue weighted by molar-refractivity contribution is 6.07. The zero-order chi connectivity index (χ0) is 15.0. The lowest BCUT2D eigenvalue weighted by atomic mass is 9.82. The lowest BCUT2D eigenvalue weighted by Crippen LogP contribution is -2.31. The van der Waals surface area contributed by atoms with Gasteiger partial charge in [0.05, 0.1) is 5.56 Å². The number of amides is 1. The summed E-state index contributed by atoms with van der Waals surface area (Å²) in [5, 5.41) is 0.922. The highest BCUT2D eigenvalue weighted by Crippen LogP contribution is 2.38. The van der Waals surface area contributed by atoms with Crippen LogP contribution in [0.4, 0.5) is 5.69 Å². The van der Waals surface area contributed by atoms with E-state index in [2.05, 4.69) is 18.8 Å². The topological polar surface area (TPSA) is 62.1 Å². The second-order valence-electron chi connectivity index (χ2n) is 6.19. The summed E-state index contributed by atoms with van der Waals surface area (Å²) in [6, 6.07) is 5.65. The van der Waals surface area contributed by atoms with E-state index in [4.69, 9.17) is 5.73 Å². The molecule has 0 bridgehead atoms. The molecule has 21 heavy (non-hydrogen) atoms. The van der Waals surface area contributed by atoms with E-state index in [1.54, 1.807) is 0 Å². The second kappa shape index (κ2) is 5.10. The molecule has 1 aromatic heterocycles. The Morgan fingerprint density at radius 2 is 2.14 bits per heavy atom. The van der Waals surface area contributed by atoms with Crippen LogP contribution in [-0.4, -0.2) is 28.9 Å². The number of nitrogen functional groups attached to an aromatic ring is 1. The van der Waals surface area contributed by atoms with Gasteiger partial charge in [-0.2, -0.15) is 0 Å². The molecule has 0 radical (unpaired) electrons. The molecular weight excluding hydrogens is 262 g/mol. The van der Waals surface area contributed by atoms with Gasteiger partial charge >= 0.3 is 0 Å². The molecule has 0 atom stereocenters. The highest BCUT2D eigenvalue weighted by atomic mass is 16.2. The number of hydrogen-bond acceptors (Lipinski definition) is 2. The van der Waals surface area contributed by atoms with Gasteiger partial charge in [0, 0.05) is 35.9 Å². The summed E-state index contributed by atoms with van der Waals surface area (Å²) in [6.07, 6.45) is 5.18. The molecule has 1 aliphatic heterocycles. The third-order valence-corrected chi connectivity index (χ3v) is 5.16. The van der Waals surface area contributed by atoms with Gasteiger partial charge in [0.1, 0.15) is 0 Å². The fraction of sp³-hybridized carbons (Fsp3) is 0.471. The van der Waals surface area contributed by atoms with Crippen LogP contribution < -0.4 is 5.73 Å². The number of likely N-dealkylation sites (tertiary alicyclic amines) is 1. The number of anilines is 1. The second-order valence-corrected chi connectivity index (χ2v) is 6.19. The Bertz CT molecular complexity index is 670. The van der Waals surface area contributed by atoms with Gasteiger partial charge in [-0.25, -0.2) is 0 Å². The molecule has 0 unspecified atom stereocenters.